The maximum atomic E-state index is 12.2. The molecule has 0 bridgehead atoms. The molecule has 0 spiro atoms. The van der Waals surface area contributed by atoms with Gasteiger partial charge in [-0.15, -0.1) is 0 Å². The molecule has 1 saturated heterocycles. The maximum absolute atomic E-state index is 12.2. The third kappa shape index (κ3) is 4.77. The topological polar surface area (TPSA) is 122 Å². The van der Waals surface area contributed by atoms with Gasteiger partial charge in [0.2, 0.25) is 11.8 Å². The highest BCUT2D eigenvalue weighted by Crippen LogP contribution is 2.37. The van der Waals surface area contributed by atoms with E-state index in [1.54, 1.807) is 13.8 Å². The number of hydrogen-bond acceptors (Lipinski definition) is 6. The van der Waals surface area contributed by atoms with Crippen molar-refractivity contribution >= 4 is 29.7 Å². The van der Waals surface area contributed by atoms with Crippen molar-refractivity contribution in [3.05, 3.63) is 0 Å². The first kappa shape index (κ1) is 18.9. The van der Waals surface area contributed by atoms with Gasteiger partial charge in [0, 0.05) is 6.04 Å². The molecule has 138 valence electrons. The standard InChI is InChI=1S/C16H23N3O6/c1-9(2)17-16(24)18-12(20)8-25-13(21)7-19-14(22)10-5-3-4-6-11(10)15(19)23/h9-11H,3-8H2,1-2H3,(H2,17,18,20,24)/t10-,11-/m0/s1. The highest BCUT2D eigenvalue weighted by Gasteiger charge is 2.48. The normalized spacial score (nSPS) is 22.6. The van der Waals surface area contributed by atoms with Gasteiger partial charge in [0.05, 0.1) is 11.8 Å². The minimum atomic E-state index is -0.861. The van der Waals surface area contributed by atoms with E-state index in [-0.39, 0.29) is 29.7 Å². The number of hydrogen-bond donors (Lipinski definition) is 2. The van der Waals surface area contributed by atoms with Gasteiger partial charge in [0.15, 0.2) is 6.61 Å². The molecule has 9 nitrogen and oxygen atoms in total. The summed E-state index contributed by atoms with van der Waals surface area (Å²) >= 11 is 0. The van der Waals surface area contributed by atoms with Crippen LogP contribution in [0.3, 0.4) is 0 Å². The van der Waals surface area contributed by atoms with E-state index in [1.807, 2.05) is 5.32 Å². The van der Waals surface area contributed by atoms with Crippen LogP contribution in [0.15, 0.2) is 0 Å². The molecule has 0 radical (unpaired) electrons. The molecular weight excluding hydrogens is 330 g/mol. The Morgan fingerprint density at radius 3 is 2.20 bits per heavy atom. The quantitative estimate of drug-likeness (QED) is 0.527. The number of likely N-dealkylation sites (tertiary alicyclic amines) is 1. The molecule has 0 aromatic rings. The van der Waals surface area contributed by atoms with Crippen molar-refractivity contribution in [1.29, 1.82) is 0 Å². The number of carbonyl (C=O) groups is 5. The number of ether oxygens (including phenoxy) is 1. The van der Waals surface area contributed by atoms with E-state index in [0.29, 0.717) is 12.8 Å². The van der Waals surface area contributed by atoms with Crippen LogP contribution in [0.5, 0.6) is 0 Å². The van der Waals surface area contributed by atoms with Crippen molar-refractivity contribution in [2.24, 2.45) is 11.8 Å². The molecule has 0 aromatic carbocycles. The predicted octanol–water partition coefficient (Wildman–Crippen LogP) is -0.0610. The SMILES string of the molecule is CC(C)NC(=O)NC(=O)COC(=O)CN1C(=O)[C@H]2CCCC[C@@H]2C1=O. The van der Waals surface area contributed by atoms with Crippen LogP contribution in [0.25, 0.3) is 0 Å². The Morgan fingerprint density at radius 1 is 1.12 bits per heavy atom. The van der Waals surface area contributed by atoms with Crippen LogP contribution in [-0.4, -0.2) is 53.8 Å². The monoisotopic (exact) mass is 353 g/mol. The summed E-state index contributed by atoms with van der Waals surface area (Å²) in [6.45, 7) is 2.29. The third-order valence-corrected chi connectivity index (χ3v) is 4.26. The summed E-state index contributed by atoms with van der Waals surface area (Å²) in [5, 5.41) is 4.46. The number of rotatable bonds is 5. The van der Waals surface area contributed by atoms with Gasteiger partial charge >= 0.3 is 12.0 Å². The molecule has 1 aliphatic carbocycles. The molecule has 2 aliphatic rings. The van der Waals surface area contributed by atoms with Crippen LogP contribution in [0.1, 0.15) is 39.5 Å². The lowest BCUT2D eigenvalue weighted by Gasteiger charge is -2.19. The minimum Gasteiger partial charge on any atom is -0.454 e. The lowest BCUT2D eigenvalue weighted by molar-refractivity contribution is -0.154. The Hall–Kier alpha value is -2.45. The van der Waals surface area contributed by atoms with Gasteiger partial charge < -0.3 is 10.1 Å². The zero-order valence-electron chi connectivity index (χ0n) is 14.4. The third-order valence-electron chi connectivity index (χ3n) is 4.26. The average Bonchev–Trinajstić information content (AvgIpc) is 2.77. The van der Waals surface area contributed by atoms with Crippen LogP contribution >= 0.6 is 0 Å². The number of imide groups is 2. The number of nitrogens with one attached hydrogen (secondary N) is 2. The summed E-state index contributed by atoms with van der Waals surface area (Å²) < 4.78 is 4.74. The molecule has 0 aromatic heterocycles. The summed E-state index contributed by atoms with van der Waals surface area (Å²) in [4.78, 5) is 60.1. The molecule has 2 N–H and O–H groups in total. The van der Waals surface area contributed by atoms with E-state index in [4.69, 9.17) is 4.74 Å². The molecule has 1 saturated carbocycles. The van der Waals surface area contributed by atoms with Gasteiger partial charge in [-0.2, -0.15) is 0 Å². The van der Waals surface area contributed by atoms with Gasteiger partial charge in [0.1, 0.15) is 6.54 Å². The van der Waals surface area contributed by atoms with Crippen LogP contribution in [0.2, 0.25) is 0 Å². The predicted molar refractivity (Wildman–Crippen MR) is 84.9 cm³/mol. The largest absolute Gasteiger partial charge is 0.454 e. The second-order valence-electron chi connectivity index (χ2n) is 6.60. The Morgan fingerprint density at radius 2 is 1.68 bits per heavy atom. The highest BCUT2D eigenvalue weighted by molar-refractivity contribution is 6.07. The molecule has 2 fully saturated rings. The lowest BCUT2D eigenvalue weighted by Crippen LogP contribution is -2.44. The fraction of sp³-hybridized carbons (Fsp3) is 0.688. The average molecular weight is 353 g/mol. The molecule has 0 unspecified atom stereocenters. The number of carbonyl (C=O) groups excluding carboxylic acids is 5. The summed E-state index contributed by atoms with van der Waals surface area (Å²) in [5.41, 5.74) is 0. The highest BCUT2D eigenvalue weighted by atomic mass is 16.5. The Bertz CT molecular complexity index is 564. The summed E-state index contributed by atoms with van der Waals surface area (Å²) in [6.07, 6.45) is 3.12. The second-order valence-corrected chi connectivity index (χ2v) is 6.60. The second kappa shape index (κ2) is 8.09. The molecule has 5 amide bonds. The van der Waals surface area contributed by atoms with E-state index in [2.05, 4.69) is 5.32 Å². The number of urea groups is 1. The summed E-state index contributed by atoms with van der Waals surface area (Å²) in [6, 6.07) is -0.837. The molecule has 9 heteroatoms. The van der Waals surface area contributed by atoms with E-state index in [1.165, 1.54) is 0 Å². The fourth-order valence-corrected chi connectivity index (χ4v) is 3.17. The molecule has 25 heavy (non-hydrogen) atoms. The number of nitrogens with zero attached hydrogens (tertiary/aromatic N) is 1. The van der Waals surface area contributed by atoms with Gasteiger partial charge in [-0.05, 0) is 26.7 Å². The van der Waals surface area contributed by atoms with Crippen LogP contribution in [-0.2, 0) is 23.9 Å². The smallest absolute Gasteiger partial charge is 0.326 e. The van der Waals surface area contributed by atoms with Crippen molar-refractivity contribution < 1.29 is 28.7 Å². The fourth-order valence-electron chi connectivity index (χ4n) is 3.17. The lowest BCUT2D eigenvalue weighted by atomic mass is 9.81. The number of esters is 1. The van der Waals surface area contributed by atoms with E-state index >= 15 is 0 Å². The van der Waals surface area contributed by atoms with Crippen molar-refractivity contribution in [2.45, 2.75) is 45.6 Å². The van der Waals surface area contributed by atoms with Crippen molar-refractivity contribution in [3.63, 3.8) is 0 Å². The van der Waals surface area contributed by atoms with Crippen molar-refractivity contribution in [3.8, 4) is 0 Å². The van der Waals surface area contributed by atoms with Crippen LogP contribution in [0, 0.1) is 11.8 Å². The first-order valence-electron chi connectivity index (χ1n) is 8.40. The molecular formula is C16H23N3O6. The Balaban J connectivity index is 1.78. The van der Waals surface area contributed by atoms with Crippen LogP contribution < -0.4 is 10.6 Å². The molecule has 2 rings (SSSR count). The van der Waals surface area contributed by atoms with Gasteiger partial charge in [0.25, 0.3) is 5.91 Å². The Kier molecular flexibility index (Phi) is 6.11. The molecule has 1 heterocycles. The number of fused-ring (bicyclic) bond motifs is 1. The van der Waals surface area contributed by atoms with Gasteiger partial charge in [-0.3, -0.25) is 29.4 Å². The van der Waals surface area contributed by atoms with Gasteiger partial charge in [-0.1, -0.05) is 12.8 Å². The van der Waals surface area contributed by atoms with Crippen LogP contribution in [0.4, 0.5) is 4.79 Å². The first-order valence-corrected chi connectivity index (χ1v) is 8.40. The molecule has 1 aliphatic heterocycles. The summed E-state index contributed by atoms with van der Waals surface area (Å²) in [7, 11) is 0. The number of amides is 5. The summed E-state index contributed by atoms with van der Waals surface area (Å²) in [5.74, 6) is -3.01. The minimum absolute atomic E-state index is 0.147. The first-order chi connectivity index (χ1) is 11.8. The maximum Gasteiger partial charge on any atom is 0.326 e. The van der Waals surface area contributed by atoms with E-state index < -0.39 is 31.1 Å². The van der Waals surface area contributed by atoms with Gasteiger partial charge in [-0.25, -0.2) is 4.79 Å². The van der Waals surface area contributed by atoms with Crippen molar-refractivity contribution in [2.75, 3.05) is 13.2 Å². The zero-order chi connectivity index (χ0) is 18.6. The Labute approximate surface area is 145 Å². The zero-order valence-corrected chi connectivity index (χ0v) is 14.4. The van der Waals surface area contributed by atoms with Crippen molar-refractivity contribution in [1.82, 2.24) is 15.5 Å². The van der Waals surface area contributed by atoms with E-state index in [9.17, 15) is 24.0 Å². The van der Waals surface area contributed by atoms with E-state index in [0.717, 1.165) is 17.7 Å². The molecule has 2 atom stereocenters.